The fourth-order valence-electron chi connectivity index (χ4n) is 0.939. The molecule has 0 aromatic heterocycles. The Bertz CT molecular complexity index is 450. The van der Waals surface area contributed by atoms with E-state index in [0.29, 0.717) is 0 Å². The van der Waals surface area contributed by atoms with Gasteiger partial charge in [0.1, 0.15) is 5.82 Å². The Balaban J connectivity index is 2.96. The van der Waals surface area contributed by atoms with Gasteiger partial charge in [0.05, 0.1) is 12.0 Å². The van der Waals surface area contributed by atoms with Crippen molar-refractivity contribution in [1.29, 1.82) is 0 Å². The maximum Gasteiger partial charge on any atom is 0.321 e. The van der Waals surface area contributed by atoms with Crippen LogP contribution in [0, 0.1) is 5.82 Å². The summed E-state index contributed by atoms with van der Waals surface area (Å²) in [5.41, 5.74) is 0. The number of hydrogen-bond acceptors (Lipinski definition) is 4. The van der Waals surface area contributed by atoms with Crippen molar-refractivity contribution in [2.24, 2.45) is 0 Å². The lowest BCUT2D eigenvalue weighted by Gasteiger charge is -2.02. The minimum absolute atomic E-state index is 0.102. The number of carbonyl (C=O) groups excluding carboxylic acids is 1. The Kier molecular flexibility index (Phi) is 3.41. The molecule has 4 nitrogen and oxygen atoms in total. The largest absolute Gasteiger partial charge is 0.468 e. The molecule has 0 bridgehead atoms. The Hall–Kier alpha value is -1.43. The van der Waals surface area contributed by atoms with E-state index in [-0.39, 0.29) is 4.90 Å². The van der Waals surface area contributed by atoms with Crippen LogP contribution in [0.4, 0.5) is 4.39 Å². The van der Waals surface area contributed by atoms with E-state index in [9.17, 15) is 17.6 Å². The molecule has 82 valence electrons. The van der Waals surface area contributed by atoms with E-state index in [1.807, 2.05) is 0 Å². The predicted octanol–water partition coefficient (Wildman–Crippen LogP) is 0.772. The average Bonchev–Trinajstić information content (AvgIpc) is 2.17. The third-order valence-corrected chi connectivity index (χ3v) is 3.31. The molecule has 1 rings (SSSR count). The maximum atomic E-state index is 12.5. The highest BCUT2D eigenvalue weighted by Crippen LogP contribution is 2.11. The summed E-state index contributed by atoms with van der Waals surface area (Å²) in [6.07, 6.45) is 0. The van der Waals surface area contributed by atoms with E-state index in [1.165, 1.54) is 0 Å². The summed E-state index contributed by atoms with van der Waals surface area (Å²) in [4.78, 5) is 10.7. The van der Waals surface area contributed by atoms with Gasteiger partial charge in [-0.2, -0.15) is 0 Å². The number of benzene rings is 1. The summed E-state index contributed by atoms with van der Waals surface area (Å²) >= 11 is 0. The number of sulfone groups is 1. The van der Waals surface area contributed by atoms with Gasteiger partial charge in [0.15, 0.2) is 15.6 Å². The normalized spacial score (nSPS) is 11.1. The summed E-state index contributed by atoms with van der Waals surface area (Å²) in [7, 11) is -2.63. The molecule has 1 aromatic carbocycles. The van der Waals surface area contributed by atoms with Crippen LogP contribution in [0.5, 0.6) is 0 Å². The molecular formula is C9H9FO4S. The lowest BCUT2D eigenvalue weighted by atomic mass is 10.4. The lowest BCUT2D eigenvalue weighted by Crippen LogP contribution is -2.17. The standard InChI is InChI=1S/C9H9FO4S/c1-14-9(11)6-15(12,13)8-4-2-7(10)3-5-8/h2-5H,6H2,1H3. The fraction of sp³-hybridized carbons (Fsp3) is 0.222. The van der Waals surface area contributed by atoms with E-state index < -0.39 is 27.4 Å². The molecule has 0 spiro atoms. The second kappa shape index (κ2) is 4.39. The summed E-state index contributed by atoms with van der Waals surface area (Å²) < 4.78 is 39.7. The summed E-state index contributed by atoms with van der Waals surface area (Å²) in [5.74, 6) is -2.12. The summed E-state index contributed by atoms with van der Waals surface area (Å²) in [5, 5.41) is 0. The average molecular weight is 232 g/mol. The monoisotopic (exact) mass is 232 g/mol. The van der Waals surface area contributed by atoms with Crippen molar-refractivity contribution in [3.05, 3.63) is 30.1 Å². The molecule has 0 saturated carbocycles. The molecule has 1 aromatic rings. The maximum absolute atomic E-state index is 12.5. The Morgan fingerprint density at radius 1 is 1.33 bits per heavy atom. The second-order valence-corrected chi connectivity index (χ2v) is 4.78. The van der Waals surface area contributed by atoms with Crippen molar-refractivity contribution in [1.82, 2.24) is 0 Å². The van der Waals surface area contributed by atoms with Gasteiger partial charge >= 0.3 is 5.97 Å². The molecule has 0 fully saturated rings. The minimum Gasteiger partial charge on any atom is -0.468 e. The topological polar surface area (TPSA) is 60.4 Å². The fourth-order valence-corrected chi connectivity index (χ4v) is 2.08. The molecule has 0 amide bonds. The molecule has 6 heteroatoms. The zero-order valence-corrected chi connectivity index (χ0v) is 8.75. The highest BCUT2D eigenvalue weighted by molar-refractivity contribution is 7.92. The highest BCUT2D eigenvalue weighted by atomic mass is 32.2. The molecule has 0 N–H and O–H groups in total. The Morgan fingerprint density at radius 2 is 1.87 bits per heavy atom. The molecule has 15 heavy (non-hydrogen) atoms. The highest BCUT2D eigenvalue weighted by Gasteiger charge is 2.19. The van der Waals surface area contributed by atoms with Crippen LogP contribution >= 0.6 is 0 Å². The molecular weight excluding hydrogens is 223 g/mol. The van der Waals surface area contributed by atoms with Gasteiger partial charge in [-0.15, -0.1) is 0 Å². The first-order chi connectivity index (χ1) is 6.95. The number of esters is 1. The summed E-state index contributed by atoms with van der Waals surface area (Å²) in [6.45, 7) is 0. The van der Waals surface area contributed by atoms with Crippen molar-refractivity contribution in [3.63, 3.8) is 0 Å². The third-order valence-electron chi connectivity index (χ3n) is 1.71. The van der Waals surface area contributed by atoms with Crippen LogP contribution in [-0.4, -0.2) is 27.2 Å². The van der Waals surface area contributed by atoms with Crippen LogP contribution in [-0.2, 0) is 19.4 Å². The van der Waals surface area contributed by atoms with Gasteiger partial charge in [0.2, 0.25) is 0 Å². The van der Waals surface area contributed by atoms with Crippen molar-refractivity contribution in [2.75, 3.05) is 12.9 Å². The quantitative estimate of drug-likeness (QED) is 0.570. The third kappa shape index (κ3) is 3.02. The molecule has 0 atom stereocenters. The van der Waals surface area contributed by atoms with Crippen LogP contribution in [0.3, 0.4) is 0 Å². The number of carbonyl (C=O) groups is 1. The van der Waals surface area contributed by atoms with Gasteiger partial charge < -0.3 is 4.74 Å². The van der Waals surface area contributed by atoms with Crippen LogP contribution < -0.4 is 0 Å². The van der Waals surface area contributed by atoms with E-state index in [4.69, 9.17) is 0 Å². The first-order valence-electron chi connectivity index (χ1n) is 4.01. The molecule has 0 aliphatic heterocycles. The van der Waals surface area contributed by atoms with Gasteiger partial charge in [0, 0.05) is 0 Å². The van der Waals surface area contributed by atoms with Crippen LogP contribution in [0.1, 0.15) is 0 Å². The molecule has 0 aliphatic carbocycles. The number of methoxy groups -OCH3 is 1. The van der Waals surface area contributed by atoms with E-state index >= 15 is 0 Å². The zero-order valence-electron chi connectivity index (χ0n) is 7.94. The lowest BCUT2D eigenvalue weighted by molar-refractivity contribution is -0.137. The Morgan fingerprint density at radius 3 is 2.33 bits per heavy atom. The number of rotatable bonds is 3. The predicted molar refractivity (Wildman–Crippen MR) is 50.5 cm³/mol. The molecule has 0 aliphatic rings. The number of ether oxygens (including phenoxy) is 1. The van der Waals surface area contributed by atoms with Crippen molar-refractivity contribution < 1.29 is 22.3 Å². The Labute approximate surface area is 86.6 Å². The molecule has 0 heterocycles. The van der Waals surface area contributed by atoms with E-state index in [2.05, 4.69) is 4.74 Å². The van der Waals surface area contributed by atoms with Gasteiger partial charge in [-0.1, -0.05) is 0 Å². The molecule has 0 radical (unpaired) electrons. The van der Waals surface area contributed by atoms with Gasteiger partial charge in [-0.25, -0.2) is 12.8 Å². The van der Waals surface area contributed by atoms with Gasteiger partial charge in [0.25, 0.3) is 0 Å². The smallest absolute Gasteiger partial charge is 0.321 e. The van der Waals surface area contributed by atoms with E-state index in [0.717, 1.165) is 31.4 Å². The molecule has 0 unspecified atom stereocenters. The van der Waals surface area contributed by atoms with E-state index in [1.54, 1.807) is 0 Å². The second-order valence-electron chi connectivity index (χ2n) is 2.79. The molecule has 0 saturated heterocycles. The van der Waals surface area contributed by atoms with Crippen molar-refractivity contribution in [3.8, 4) is 0 Å². The van der Waals surface area contributed by atoms with Crippen molar-refractivity contribution in [2.45, 2.75) is 4.90 Å². The van der Waals surface area contributed by atoms with Crippen LogP contribution in [0.25, 0.3) is 0 Å². The van der Waals surface area contributed by atoms with Crippen molar-refractivity contribution >= 4 is 15.8 Å². The van der Waals surface area contributed by atoms with Crippen LogP contribution in [0.2, 0.25) is 0 Å². The summed E-state index contributed by atoms with van der Waals surface area (Å²) in [6, 6.07) is 4.25. The van der Waals surface area contributed by atoms with Gasteiger partial charge in [-0.05, 0) is 24.3 Å². The first kappa shape index (κ1) is 11.6. The minimum atomic E-state index is -3.73. The number of hydrogen-bond donors (Lipinski definition) is 0. The number of halogens is 1. The first-order valence-corrected chi connectivity index (χ1v) is 5.66. The SMILES string of the molecule is COC(=O)CS(=O)(=O)c1ccc(F)cc1. The zero-order chi connectivity index (χ0) is 11.5. The van der Waals surface area contributed by atoms with Crippen LogP contribution in [0.15, 0.2) is 29.2 Å². The van der Waals surface area contributed by atoms with Gasteiger partial charge in [-0.3, -0.25) is 4.79 Å².